The Balaban J connectivity index is 2.95. The van der Waals surface area contributed by atoms with Crippen LogP contribution in [0.15, 0.2) is 24.3 Å². The van der Waals surface area contributed by atoms with Gasteiger partial charge in [-0.1, -0.05) is 25.5 Å². The van der Waals surface area contributed by atoms with Gasteiger partial charge in [-0.25, -0.2) is 0 Å². The number of nitrogens with two attached hydrogens (primary N) is 1. The molecule has 0 aliphatic carbocycles. The number of nitrogen functional groups attached to an aromatic ring is 1. The second kappa shape index (κ2) is 5.44. The summed E-state index contributed by atoms with van der Waals surface area (Å²) in [6.45, 7) is 4.33. The molecule has 1 rings (SSSR count). The Kier molecular flexibility index (Phi) is 4.22. The Bertz CT molecular complexity index is 354. The lowest BCUT2D eigenvalue weighted by atomic mass is 10.0. The van der Waals surface area contributed by atoms with Crippen LogP contribution < -0.4 is 11.1 Å². The lowest BCUT2D eigenvalue weighted by Crippen LogP contribution is -1.96. The molecule has 0 aromatic heterocycles. The molecule has 0 saturated carbocycles. The average molecular weight is 204 g/mol. The molecule has 0 aliphatic heterocycles. The maximum atomic E-state index is 5.82. The maximum Gasteiger partial charge on any atom is 0.0577 e. The molecule has 1 aromatic carbocycles. The first kappa shape index (κ1) is 11.6. The number of nitrogens with one attached hydrogen (secondary N) is 1. The molecule has 0 spiro atoms. The van der Waals surface area contributed by atoms with E-state index in [1.165, 1.54) is 17.6 Å². The molecule has 2 heteroatoms. The molecule has 3 N–H and O–H groups in total. The first-order valence-electron chi connectivity index (χ1n) is 5.43. The van der Waals surface area contributed by atoms with Crippen molar-refractivity contribution in [3.8, 4) is 0 Å². The molecule has 0 saturated heterocycles. The third-order valence-corrected chi connectivity index (χ3v) is 2.52. The van der Waals surface area contributed by atoms with Gasteiger partial charge in [0.1, 0.15) is 0 Å². The van der Waals surface area contributed by atoms with E-state index in [-0.39, 0.29) is 0 Å². The second-order valence-corrected chi connectivity index (χ2v) is 3.73. The Hall–Kier alpha value is -1.44. The minimum atomic E-state index is 0.796. The summed E-state index contributed by atoms with van der Waals surface area (Å²) < 4.78 is 0. The lowest BCUT2D eigenvalue weighted by Gasteiger charge is -2.08. The van der Waals surface area contributed by atoms with Crippen LogP contribution in [0.25, 0.3) is 5.57 Å². The molecule has 2 nitrogen and oxygen atoms in total. The summed E-state index contributed by atoms with van der Waals surface area (Å²) >= 11 is 0. The number of hydrogen-bond donors (Lipinski definition) is 2. The third kappa shape index (κ3) is 3.01. The summed E-state index contributed by atoms with van der Waals surface area (Å²) in [5, 5.41) is 3.09. The van der Waals surface area contributed by atoms with E-state index in [0.717, 1.165) is 17.8 Å². The Morgan fingerprint density at radius 2 is 2.20 bits per heavy atom. The van der Waals surface area contributed by atoms with E-state index in [2.05, 4.69) is 37.4 Å². The smallest absolute Gasteiger partial charge is 0.0577 e. The van der Waals surface area contributed by atoms with Gasteiger partial charge in [0.15, 0.2) is 0 Å². The molecule has 0 unspecified atom stereocenters. The van der Waals surface area contributed by atoms with Gasteiger partial charge in [-0.3, -0.25) is 0 Å². The predicted octanol–water partition coefficient (Wildman–Crippen LogP) is 3.51. The topological polar surface area (TPSA) is 38.0 Å². The quantitative estimate of drug-likeness (QED) is 0.736. The molecule has 0 radical (unpaired) electrons. The molecule has 0 amide bonds. The van der Waals surface area contributed by atoms with E-state index in [9.17, 15) is 0 Å². The molecule has 0 fully saturated rings. The minimum Gasteiger partial charge on any atom is -0.397 e. The maximum absolute atomic E-state index is 5.82. The van der Waals surface area contributed by atoms with Crippen molar-refractivity contribution in [2.24, 2.45) is 0 Å². The molecular formula is C13H20N2. The summed E-state index contributed by atoms with van der Waals surface area (Å²) in [6.07, 6.45) is 4.58. The highest BCUT2D eigenvalue weighted by atomic mass is 14.8. The van der Waals surface area contributed by atoms with E-state index in [1.807, 2.05) is 13.1 Å². The highest BCUT2D eigenvalue weighted by molar-refractivity contribution is 5.74. The van der Waals surface area contributed by atoms with Crippen molar-refractivity contribution in [2.75, 3.05) is 18.1 Å². The van der Waals surface area contributed by atoms with Gasteiger partial charge >= 0.3 is 0 Å². The van der Waals surface area contributed by atoms with Crippen LogP contribution in [-0.2, 0) is 0 Å². The van der Waals surface area contributed by atoms with Gasteiger partial charge in [0.2, 0.25) is 0 Å². The molecular weight excluding hydrogens is 184 g/mol. The van der Waals surface area contributed by atoms with Crippen LogP contribution in [0, 0.1) is 0 Å². The number of hydrogen-bond acceptors (Lipinski definition) is 2. The van der Waals surface area contributed by atoms with E-state index < -0.39 is 0 Å². The van der Waals surface area contributed by atoms with Crippen LogP contribution in [-0.4, -0.2) is 7.05 Å². The zero-order valence-electron chi connectivity index (χ0n) is 9.80. The zero-order valence-corrected chi connectivity index (χ0v) is 9.80. The summed E-state index contributed by atoms with van der Waals surface area (Å²) in [5.74, 6) is 0. The van der Waals surface area contributed by atoms with Crippen LogP contribution in [0.2, 0.25) is 0 Å². The van der Waals surface area contributed by atoms with Crippen molar-refractivity contribution in [3.63, 3.8) is 0 Å². The number of unbranched alkanes of at least 4 members (excludes halogenated alkanes) is 1. The third-order valence-electron chi connectivity index (χ3n) is 2.52. The first-order valence-corrected chi connectivity index (χ1v) is 5.43. The zero-order chi connectivity index (χ0) is 11.3. The van der Waals surface area contributed by atoms with Gasteiger partial charge < -0.3 is 11.1 Å². The van der Waals surface area contributed by atoms with E-state index >= 15 is 0 Å². The van der Waals surface area contributed by atoms with Crippen molar-refractivity contribution in [1.29, 1.82) is 0 Å². The fraction of sp³-hybridized carbons (Fsp3) is 0.385. The largest absolute Gasteiger partial charge is 0.397 e. The molecule has 0 atom stereocenters. The van der Waals surface area contributed by atoms with Crippen LogP contribution in [0.4, 0.5) is 11.4 Å². The van der Waals surface area contributed by atoms with Crippen LogP contribution in [0.3, 0.4) is 0 Å². The molecule has 0 heterocycles. The van der Waals surface area contributed by atoms with Crippen molar-refractivity contribution < 1.29 is 0 Å². The number of anilines is 2. The molecule has 0 bridgehead atoms. The van der Waals surface area contributed by atoms with Crippen molar-refractivity contribution in [3.05, 3.63) is 29.8 Å². The number of allylic oxidation sites excluding steroid dienone is 2. The first-order chi connectivity index (χ1) is 7.19. The lowest BCUT2D eigenvalue weighted by molar-refractivity contribution is 0.959. The van der Waals surface area contributed by atoms with Gasteiger partial charge in [0.05, 0.1) is 11.4 Å². The molecule has 0 aliphatic rings. The summed E-state index contributed by atoms with van der Waals surface area (Å²) in [4.78, 5) is 0. The van der Waals surface area contributed by atoms with E-state index in [0.29, 0.717) is 0 Å². The Morgan fingerprint density at radius 1 is 1.47 bits per heavy atom. The molecule has 82 valence electrons. The Labute approximate surface area is 92.2 Å². The van der Waals surface area contributed by atoms with Crippen molar-refractivity contribution in [2.45, 2.75) is 26.7 Å². The molecule has 1 aromatic rings. The fourth-order valence-electron chi connectivity index (χ4n) is 1.50. The summed E-state index contributed by atoms with van der Waals surface area (Å²) in [7, 11) is 1.89. The van der Waals surface area contributed by atoms with Gasteiger partial charge in [0, 0.05) is 7.05 Å². The van der Waals surface area contributed by atoms with Crippen molar-refractivity contribution >= 4 is 16.9 Å². The van der Waals surface area contributed by atoms with E-state index in [4.69, 9.17) is 5.73 Å². The fourth-order valence-corrected chi connectivity index (χ4v) is 1.50. The van der Waals surface area contributed by atoms with Gasteiger partial charge in [-0.2, -0.15) is 0 Å². The minimum absolute atomic E-state index is 0.796. The second-order valence-electron chi connectivity index (χ2n) is 3.73. The SMILES string of the molecule is CCC/C=C(\C)c1ccc(N)c(NC)c1. The van der Waals surface area contributed by atoms with Gasteiger partial charge in [-0.05, 0) is 36.6 Å². The van der Waals surface area contributed by atoms with E-state index in [1.54, 1.807) is 0 Å². The van der Waals surface area contributed by atoms with Crippen molar-refractivity contribution in [1.82, 2.24) is 0 Å². The van der Waals surface area contributed by atoms with Crippen LogP contribution in [0.5, 0.6) is 0 Å². The van der Waals surface area contributed by atoms with Gasteiger partial charge in [-0.15, -0.1) is 0 Å². The summed E-state index contributed by atoms with van der Waals surface area (Å²) in [5.41, 5.74) is 10.2. The number of rotatable bonds is 4. The van der Waals surface area contributed by atoms with Gasteiger partial charge in [0.25, 0.3) is 0 Å². The predicted molar refractivity (Wildman–Crippen MR) is 69.0 cm³/mol. The highest BCUT2D eigenvalue weighted by Gasteiger charge is 2.00. The monoisotopic (exact) mass is 204 g/mol. The van der Waals surface area contributed by atoms with Crippen LogP contribution in [0.1, 0.15) is 32.3 Å². The summed E-state index contributed by atoms with van der Waals surface area (Å²) in [6, 6.07) is 6.11. The van der Waals surface area contributed by atoms with Crippen LogP contribution >= 0.6 is 0 Å². The number of benzene rings is 1. The molecule has 15 heavy (non-hydrogen) atoms. The standard InChI is InChI=1S/C13H20N2/c1-4-5-6-10(2)11-7-8-12(14)13(9-11)15-3/h6-9,15H,4-5,14H2,1-3H3/b10-6+. The average Bonchev–Trinajstić information content (AvgIpc) is 2.26. The normalized spacial score (nSPS) is 11.5. The Morgan fingerprint density at radius 3 is 2.80 bits per heavy atom. The highest BCUT2D eigenvalue weighted by Crippen LogP contribution is 2.24.